The van der Waals surface area contributed by atoms with Gasteiger partial charge < -0.3 is 5.32 Å². The van der Waals surface area contributed by atoms with Crippen molar-refractivity contribution in [3.8, 4) is 0 Å². The summed E-state index contributed by atoms with van der Waals surface area (Å²) < 4.78 is 26.9. The fraction of sp³-hybridized carbons (Fsp3) is 0.316. The summed E-state index contributed by atoms with van der Waals surface area (Å²) in [5.41, 5.74) is 3.36. The van der Waals surface area contributed by atoms with Crippen molar-refractivity contribution < 1.29 is 13.2 Å². The van der Waals surface area contributed by atoms with Crippen LogP contribution in [-0.4, -0.2) is 20.9 Å². The lowest BCUT2D eigenvalue weighted by Gasteiger charge is -2.10. The summed E-state index contributed by atoms with van der Waals surface area (Å²) in [5.74, 6) is -0.0554. The molecule has 0 radical (unpaired) electrons. The summed E-state index contributed by atoms with van der Waals surface area (Å²) in [6, 6.07) is 11.6. The minimum absolute atomic E-state index is 0.149. The molecule has 134 valence electrons. The molecule has 2 N–H and O–H groups in total. The van der Waals surface area contributed by atoms with Crippen molar-refractivity contribution >= 4 is 21.6 Å². The number of carbonyl (C=O) groups is 1. The molecule has 2 aromatic carbocycles. The van der Waals surface area contributed by atoms with E-state index in [0.717, 1.165) is 11.1 Å². The molecule has 2 aromatic rings. The van der Waals surface area contributed by atoms with E-state index in [9.17, 15) is 13.2 Å². The largest absolute Gasteiger partial charge is 0.322 e. The SMILES string of the molecule is Cc1ccc(NC(=O)c2ccc(S(=O)(=O)NCC(C)C)cc2)cc1C. The smallest absolute Gasteiger partial charge is 0.255 e. The van der Waals surface area contributed by atoms with Gasteiger partial charge in [-0.3, -0.25) is 4.79 Å². The zero-order valence-corrected chi connectivity index (χ0v) is 15.8. The molecule has 6 heteroatoms. The van der Waals surface area contributed by atoms with Gasteiger partial charge in [-0.1, -0.05) is 19.9 Å². The Morgan fingerprint density at radius 3 is 2.20 bits per heavy atom. The molecule has 0 aromatic heterocycles. The summed E-state index contributed by atoms with van der Waals surface area (Å²) in [5, 5.41) is 2.82. The van der Waals surface area contributed by atoms with E-state index in [2.05, 4.69) is 10.0 Å². The molecule has 5 nitrogen and oxygen atoms in total. The lowest BCUT2D eigenvalue weighted by atomic mass is 10.1. The van der Waals surface area contributed by atoms with Gasteiger partial charge >= 0.3 is 0 Å². The van der Waals surface area contributed by atoms with Crippen LogP contribution in [0.5, 0.6) is 0 Å². The molecule has 0 bridgehead atoms. The van der Waals surface area contributed by atoms with Crippen molar-refractivity contribution in [2.45, 2.75) is 32.6 Å². The van der Waals surface area contributed by atoms with Crippen molar-refractivity contribution in [1.82, 2.24) is 4.72 Å². The summed E-state index contributed by atoms with van der Waals surface area (Å²) in [7, 11) is -3.55. The maximum absolute atomic E-state index is 12.3. The third-order valence-corrected chi connectivity index (χ3v) is 5.31. The van der Waals surface area contributed by atoms with Crippen molar-refractivity contribution in [3.05, 3.63) is 59.2 Å². The molecule has 0 aliphatic carbocycles. The number of amides is 1. The third kappa shape index (κ3) is 5.14. The van der Waals surface area contributed by atoms with Crippen LogP contribution in [0.15, 0.2) is 47.4 Å². The van der Waals surface area contributed by atoms with Gasteiger partial charge in [0.1, 0.15) is 0 Å². The van der Waals surface area contributed by atoms with Gasteiger partial charge in [0.2, 0.25) is 10.0 Å². The second-order valence-electron chi connectivity index (χ2n) is 6.52. The monoisotopic (exact) mass is 360 g/mol. The predicted molar refractivity (Wildman–Crippen MR) is 100 cm³/mol. The summed E-state index contributed by atoms with van der Waals surface area (Å²) >= 11 is 0. The van der Waals surface area contributed by atoms with Crippen LogP contribution < -0.4 is 10.0 Å². The van der Waals surface area contributed by atoms with E-state index >= 15 is 0 Å². The normalized spacial score (nSPS) is 11.6. The maximum atomic E-state index is 12.3. The number of carbonyl (C=O) groups excluding carboxylic acids is 1. The van der Waals surface area contributed by atoms with Crippen LogP contribution in [0.3, 0.4) is 0 Å². The molecule has 25 heavy (non-hydrogen) atoms. The standard InChI is InChI=1S/C19H24N2O3S/c1-13(2)12-20-25(23,24)18-9-6-16(7-10-18)19(22)21-17-8-5-14(3)15(4)11-17/h5-11,13,20H,12H2,1-4H3,(H,21,22). The Hall–Kier alpha value is -2.18. The van der Waals surface area contributed by atoms with Gasteiger partial charge in [0.25, 0.3) is 5.91 Å². The lowest BCUT2D eigenvalue weighted by molar-refractivity contribution is 0.102. The van der Waals surface area contributed by atoms with E-state index in [0.29, 0.717) is 17.8 Å². The molecule has 0 spiro atoms. The quantitative estimate of drug-likeness (QED) is 0.828. The van der Waals surface area contributed by atoms with Crippen LogP contribution in [0.2, 0.25) is 0 Å². The fourth-order valence-corrected chi connectivity index (χ4v) is 3.38. The van der Waals surface area contributed by atoms with Crippen LogP contribution in [0.25, 0.3) is 0 Å². The Kier molecular flexibility index (Phi) is 5.98. The Bertz CT molecular complexity index is 857. The highest BCUT2D eigenvalue weighted by Crippen LogP contribution is 2.16. The molecule has 0 fully saturated rings. The topological polar surface area (TPSA) is 75.3 Å². The molecule has 0 aliphatic rings. The third-order valence-electron chi connectivity index (χ3n) is 3.87. The Labute approximate surface area is 149 Å². The average molecular weight is 360 g/mol. The summed E-state index contributed by atoms with van der Waals surface area (Å²) in [6.07, 6.45) is 0. The Balaban J connectivity index is 2.10. The molecule has 0 atom stereocenters. The van der Waals surface area contributed by atoms with Crippen LogP contribution in [0.1, 0.15) is 35.3 Å². The van der Waals surface area contributed by atoms with Gasteiger partial charge in [0.15, 0.2) is 0 Å². The van der Waals surface area contributed by atoms with Crippen molar-refractivity contribution in [2.24, 2.45) is 5.92 Å². The minimum Gasteiger partial charge on any atom is -0.322 e. The number of nitrogens with one attached hydrogen (secondary N) is 2. The second kappa shape index (κ2) is 7.80. The first-order chi connectivity index (χ1) is 11.7. The van der Waals surface area contributed by atoms with Crippen LogP contribution in [-0.2, 0) is 10.0 Å². The highest BCUT2D eigenvalue weighted by atomic mass is 32.2. The van der Waals surface area contributed by atoms with E-state index in [-0.39, 0.29) is 16.7 Å². The average Bonchev–Trinajstić information content (AvgIpc) is 2.56. The van der Waals surface area contributed by atoms with Gasteiger partial charge in [-0.2, -0.15) is 0 Å². The number of benzene rings is 2. The number of anilines is 1. The summed E-state index contributed by atoms with van der Waals surface area (Å²) in [4.78, 5) is 12.5. The number of rotatable bonds is 6. The van der Waals surface area contributed by atoms with E-state index in [4.69, 9.17) is 0 Å². The number of aryl methyl sites for hydroxylation is 2. The van der Waals surface area contributed by atoms with Crippen LogP contribution in [0, 0.1) is 19.8 Å². The lowest BCUT2D eigenvalue weighted by Crippen LogP contribution is -2.27. The number of hydrogen-bond acceptors (Lipinski definition) is 3. The molecule has 0 heterocycles. The molecule has 0 aliphatic heterocycles. The molecular formula is C19H24N2O3S. The Morgan fingerprint density at radius 2 is 1.64 bits per heavy atom. The fourth-order valence-electron chi connectivity index (χ4n) is 2.17. The van der Waals surface area contributed by atoms with Crippen LogP contribution in [0.4, 0.5) is 5.69 Å². The zero-order chi connectivity index (χ0) is 18.6. The van der Waals surface area contributed by atoms with Gasteiger partial charge in [-0.15, -0.1) is 0 Å². The summed E-state index contributed by atoms with van der Waals surface area (Å²) in [6.45, 7) is 8.23. The van der Waals surface area contributed by atoms with E-state index < -0.39 is 10.0 Å². The van der Waals surface area contributed by atoms with Gasteiger partial charge in [-0.05, 0) is 67.3 Å². The molecule has 0 saturated heterocycles. The van der Waals surface area contributed by atoms with E-state index in [1.165, 1.54) is 24.3 Å². The van der Waals surface area contributed by atoms with Crippen molar-refractivity contribution in [3.63, 3.8) is 0 Å². The first-order valence-electron chi connectivity index (χ1n) is 8.17. The zero-order valence-electron chi connectivity index (χ0n) is 15.0. The predicted octanol–water partition coefficient (Wildman–Crippen LogP) is 3.49. The van der Waals surface area contributed by atoms with Gasteiger partial charge in [-0.25, -0.2) is 13.1 Å². The number of sulfonamides is 1. The number of hydrogen-bond donors (Lipinski definition) is 2. The highest BCUT2D eigenvalue weighted by molar-refractivity contribution is 7.89. The second-order valence-corrected chi connectivity index (χ2v) is 8.29. The van der Waals surface area contributed by atoms with Crippen molar-refractivity contribution in [2.75, 3.05) is 11.9 Å². The van der Waals surface area contributed by atoms with E-state index in [1.54, 1.807) is 0 Å². The van der Waals surface area contributed by atoms with Crippen molar-refractivity contribution in [1.29, 1.82) is 0 Å². The van der Waals surface area contributed by atoms with E-state index in [1.807, 2.05) is 45.9 Å². The Morgan fingerprint density at radius 1 is 1.00 bits per heavy atom. The molecule has 2 rings (SSSR count). The van der Waals surface area contributed by atoms with Gasteiger partial charge in [0, 0.05) is 17.8 Å². The maximum Gasteiger partial charge on any atom is 0.255 e. The van der Waals surface area contributed by atoms with Gasteiger partial charge in [0.05, 0.1) is 4.90 Å². The molecule has 0 unspecified atom stereocenters. The highest BCUT2D eigenvalue weighted by Gasteiger charge is 2.15. The first-order valence-corrected chi connectivity index (χ1v) is 9.65. The molecule has 0 saturated carbocycles. The first kappa shape index (κ1) is 19.1. The molecular weight excluding hydrogens is 336 g/mol. The molecule has 1 amide bonds. The minimum atomic E-state index is -3.55. The van der Waals surface area contributed by atoms with Crippen LogP contribution >= 0.6 is 0 Å².